The minimum absolute atomic E-state index is 0.00547. The highest BCUT2D eigenvalue weighted by molar-refractivity contribution is 5.83. The van der Waals surface area contributed by atoms with Crippen molar-refractivity contribution in [2.45, 2.75) is 44.6 Å². The first-order valence-corrected chi connectivity index (χ1v) is 11.0. The number of amides is 2. The van der Waals surface area contributed by atoms with E-state index in [1.807, 2.05) is 24.3 Å². The Morgan fingerprint density at radius 1 is 1.06 bits per heavy atom. The van der Waals surface area contributed by atoms with Gasteiger partial charge in [0.05, 0.1) is 0 Å². The third kappa shape index (κ3) is 4.47. The number of carboxylic acid groups (broad SMARTS) is 1. The van der Waals surface area contributed by atoms with Crippen molar-refractivity contribution in [2.24, 2.45) is 5.41 Å². The number of aliphatic carboxylic acids is 1. The monoisotopic (exact) mass is 436 g/mol. The highest BCUT2D eigenvalue weighted by Crippen LogP contribution is 2.45. The summed E-state index contributed by atoms with van der Waals surface area (Å²) in [4.78, 5) is 35.6. The van der Waals surface area contributed by atoms with E-state index in [0.717, 1.165) is 30.4 Å². The second-order valence-electron chi connectivity index (χ2n) is 8.84. The fraction of sp³-hybridized carbons (Fsp3) is 0.400. The van der Waals surface area contributed by atoms with E-state index in [-0.39, 0.29) is 30.3 Å². The van der Waals surface area contributed by atoms with Crippen LogP contribution in [-0.4, -0.2) is 42.3 Å². The van der Waals surface area contributed by atoms with Crippen LogP contribution in [0.4, 0.5) is 4.79 Å². The zero-order valence-corrected chi connectivity index (χ0v) is 18.1. The number of carboxylic acids is 1. The summed E-state index contributed by atoms with van der Waals surface area (Å²) in [7, 11) is 0. The first-order chi connectivity index (χ1) is 15.4. The molecule has 1 saturated carbocycles. The summed E-state index contributed by atoms with van der Waals surface area (Å²) in [5.41, 5.74) is 4.31. The molecule has 0 saturated heterocycles. The molecule has 7 heteroatoms. The molecule has 2 aromatic rings. The van der Waals surface area contributed by atoms with Gasteiger partial charge in [-0.1, -0.05) is 55.0 Å². The predicted molar refractivity (Wildman–Crippen MR) is 119 cm³/mol. The summed E-state index contributed by atoms with van der Waals surface area (Å²) in [6.45, 7) is 2.00. The van der Waals surface area contributed by atoms with Crippen molar-refractivity contribution in [2.75, 3.05) is 13.2 Å². The van der Waals surface area contributed by atoms with Gasteiger partial charge in [-0.15, -0.1) is 0 Å². The molecule has 0 radical (unpaired) electrons. The van der Waals surface area contributed by atoms with Crippen molar-refractivity contribution in [3.05, 3.63) is 59.7 Å². The SMILES string of the molecule is C[C@@H](NC(=O)CC1(CNC(=O)OCC2c3ccccc3-c3ccccc32)CCC1)C(=O)O. The lowest BCUT2D eigenvalue weighted by Gasteiger charge is -2.41. The molecule has 2 aliphatic rings. The summed E-state index contributed by atoms with van der Waals surface area (Å²) in [6.07, 6.45) is 2.29. The maximum atomic E-state index is 12.5. The predicted octanol–water partition coefficient (Wildman–Crippen LogP) is 3.67. The normalized spacial score (nSPS) is 16.8. The number of hydrogen-bond acceptors (Lipinski definition) is 4. The van der Waals surface area contributed by atoms with Crippen molar-refractivity contribution in [3.63, 3.8) is 0 Å². The smallest absolute Gasteiger partial charge is 0.407 e. The van der Waals surface area contributed by atoms with Crippen molar-refractivity contribution in [3.8, 4) is 11.1 Å². The molecular formula is C25H28N2O5. The highest BCUT2D eigenvalue weighted by atomic mass is 16.5. The van der Waals surface area contributed by atoms with Crippen LogP contribution in [0.2, 0.25) is 0 Å². The van der Waals surface area contributed by atoms with E-state index in [1.54, 1.807) is 0 Å². The van der Waals surface area contributed by atoms with Gasteiger partial charge in [0.25, 0.3) is 0 Å². The number of rotatable bonds is 8. The fourth-order valence-electron chi connectivity index (χ4n) is 4.70. The van der Waals surface area contributed by atoms with Crippen LogP contribution in [0.25, 0.3) is 11.1 Å². The molecule has 0 bridgehead atoms. The Hall–Kier alpha value is -3.35. The van der Waals surface area contributed by atoms with Gasteiger partial charge in [-0.25, -0.2) is 4.79 Å². The molecule has 2 aliphatic carbocycles. The van der Waals surface area contributed by atoms with Gasteiger partial charge in [0.15, 0.2) is 0 Å². The van der Waals surface area contributed by atoms with Crippen LogP contribution in [0.5, 0.6) is 0 Å². The van der Waals surface area contributed by atoms with Crippen molar-refractivity contribution in [1.29, 1.82) is 0 Å². The van der Waals surface area contributed by atoms with Gasteiger partial charge in [-0.05, 0) is 47.4 Å². The summed E-state index contributed by atoms with van der Waals surface area (Å²) >= 11 is 0. The molecule has 3 N–H and O–H groups in total. The lowest BCUT2D eigenvalue weighted by Crippen LogP contribution is -2.47. The maximum absolute atomic E-state index is 12.5. The third-order valence-corrected chi connectivity index (χ3v) is 6.65. The van der Waals surface area contributed by atoms with Crippen molar-refractivity contribution >= 4 is 18.0 Å². The lowest BCUT2D eigenvalue weighted by atomic mass is 9.66. The van der Waals surface area contributed by atoms with E-state index in [4.69, 9.17) is 9.84 Å². The number of benzene rings is 2. The average Bonchev–Trinajstić information content (AvgIpc) is 3.07. The molecule has 0 unspecified atom stereocenters. The van der Waals surface area contributed by atoms with Gasteiger partial charge in [-0.3, -0.25) is 9.59 Å². The molecule has 1 fully saturated rings. The number of nitrogens with one attached hydrogen (secondary N) is 2. The number of fused-ring (bicyclic) bond motifs is 3. The lowest BCUT2D eigenvalue weighted by molar-refractivity contribution is -0.141. The number of alkyl carbamates (subject to hydrolysis) is 1. The van der Waals surface area contributed by atoms with Gasteiger partial charge in [0, 0.05) is 18.9 Å². The van der Waals surface area contributed by atoms with Gasteiger partial charge < -0.3 is 20.5 Å². The molecule has 4 rings (SSSR count). The zero-order chi connectivity index (χ0) is 22.7. The van der Waals surface area contributed by atoms with Crippen molar-refractivity contribution < 1.29 is 24.2 Å². The maximum Gasteiger partial charge on any atom is 0.407 e. The number of hydrogen-bond donors (Lipinski definition) is 3. The Kier molecular flexibility index (Phi) is 6.17. The minimum atomic E-state index is -1.07. The van der Waals surface area contributed by atoms with Crippen LogP contribution >= 0.6 is 0 Å². The molecule has 7 nitrogen and oxygen atoms in total. The molecule has 0 heterocycles. The molecule has 0 spiro atoms. The topological polar surface area (TPSA) is 105 Å². The first kappa shape index (κ1) is 21.9. The molecule has 32 heavy (non-hydrogen) atoms. The molecule has 2 aromatic carbocycles. The minimum Gasteiger partial charge on any atom is -0.480 e. The van der Waals surface area contributed by atoms with E-state index >= 15 is 0 Å². The number of carbonyl (C=O) groups is 3. The summed E-state index contributed by atoms with van der Waals surface area (Å²) in [6, 6.07) is 15.4. The summed E-state index contributed by atoms with van der Waals surface area (Å²) in [5.74, 6) is -1.39. The number of carbonyl (C=O) groups excluding carboxylic acids is 2. The van der Waals surface area contributed by atoms with Gasteiger partial charge >= 0.3 is 12.1 Å². The number of ether oxygens (including phenoxy) is 1. The van der Waals surface area contributed by atoms with Crippen LogP contribution in [0.3, 0.4) is 0 Å². The first-order valence-electron chi connectivity index (χ1n) is 11.0. The van der Waals surface area contributed by atoms with Crippen molar-refractivity contribution in [1.82, 2.24) is 10.6 Å². The van der Waals surface area contributed by atoms with Crippen LogP contribution < -0.4 is 10.6 Å². The van der Waals surface area contributed by atoms with E-state index in [0.29, 0.717) is 6.54 Å². The van der Waals surface area contributed by atoms with Gasteiger partial charge in [-0.2, -0.15) is 0 Å². The standard InChI is InChI=1S/C25H28N2O5/c1-16(23(29)30)27-22(28)13-25(11-6-12-25)15-26-24(31)32-14-21-19-9-4-2-7-17(19)18-8-3-5-10-20(18)21/h2-5,7-10,16,21H,6,11-15H2,1H3,(H,26,31)(H,27,28)(H,29,30)/t16-/m1/s1. The molecular weight excluding hydrogens is 408 g/mol. The van der Waals surface area contributed by atoms with Crippen LogP contribution in [-0.2, 0) is 14.3 Å². The molecule has 0 aliphatic heterocycles. The summed E-state index contributed by atoms with van der Waals surface area (Å²) < 4.78 is 5.58. The fourth-order valence-corrected chi connectivity index (χ4v) is 4.70. The Balaban J connectivity index is 1.32. The Labute approximate surface area is 187 Å². The quantitative estimate of drug-likeness (QED) is 0.586. The highest BCUT2D eigenvalue weighted by Gasteiger charge is 2.40. The van der Waals surface area contributed by atoms with Crippen LogP contribution in [0.15, 0.2) is 48.5 Å². The molecule has 168 valence electrons. The summed E-state index contributed by atoms with van der Waals surface area (Å²) in [5, 5.41) is 14.3. The van der Waals surface area contributed by atoms with E-state index in [1.165, 1.54) is 18.1 Å². The van der Waals surface area contributed by atoms with E-state index < -0.39 is 18.1 Å². The van der Waals surface area contributed by atoms with Crippen LogP contribution in [0.1, 0.15) is 49.7 Å². The van der Waals surface area contributed by atoms with Crippen LogP contribution in [0, 0.1) is 5.41 Å². The average molecular weight is 437 g/mol. The molecule has 2 amide bonds. The second kappa shape index (κ2) is 9.02. The molecule has 1 atom stereocenters. The molecule has 0 aromatic heterocycles. The third-order valence-electron chi connectivity index (χ3n) is 6.65. The Morgan fingerprint density at radius 2 is 1.66 bits per heavy atom. The van der Waals surface area contributed by atoms with E-state index in [2.05, 4.69) is 34.9 Å². The Bertz CT molecular complexity index is 985. The van der Waals surface area contributed by atoms with Gasteiger partial charge in [0.1, 0.15) is 12.6 Å². The van der Waals surface area contributed by atoms with Gasteiger partial charge in [0.2, 0.25) is 5.91 Å². The zero-order valence-electron chi connectivity index (χ0n) is 18.1. The van der Waals surface area contributed by atoms with E-state index in [9.17, 15) is 14.4 Å². The second-order valence-corrected chi connectivity index (χ2v) is 8.84. The Morgan fingerprint density at radius 3 is 2.19 bits per heavy atom. The largest absolute Gasteiger partial charge is 0.480 e.